The molecule has 1 aliphatic carbocycles. The molecule has 1 aliphatic rings. The number of hydrogen-bond acceptors (Lipinski definition) is 1. The first-order valence-corrected chi connectivity index (χ1v) is 8.70. The van der Waals surface area contributed by atoms with E-state index in [9.17, 15) is 4.79 Å². The van der Waals surface area contributed by atoms with Crippen molar-refractivity contribution >= 4 is 5.97 Å². The summed E-state index contributed by atoms with van der Waals surface area (Å²) in [4.78, 5) is 10.3. The van der Waals surface area contributed by atoms with E-state index in [4.69, 9.17) is 5.11 Å². The Bertz CT molecular complexity index is 466. The molecule has 1 N–H and O–H groups in total. The molecule has 0 heterocycles. The van der Waals surface area contributed by atoms with Crippen LogP contribution >= 0.6 is 0 Å². The first-order chi connectivity index (χ1) is 11.2. The SMILES string of the molecule is CC=CC1CC1C=CCC=CCC=CCC=CCCCC(=O)O. The molecular weight excluding hydrogens is 284 g/mol. The predicted octanol–water partition coefficient (Wildman–Crippen LogP) is 5.85. The summed E-state index contributed by atoms with van der Waals surface area (Å²) in [6.45, 7) is 2.09. The van der Waals surface area contributed by atoms with Gasteiger partial charge in [-0.05, 0) is 57.3 Å². The second kappa shape index (κ2) is 12.7. The van der Waals surface area contributed by atoms with Gasteiger partial charge in [-0.25, -0.2) is 0 Å². The van der Waals surface area contributed by atoms with Crippen LogP contribution < -0.4 is 0 Å². The van der Waals surface area contributed by atoms with E-state index in [-0.39, 0.29) is 6.42 Å². The highest BCUT2D eigenvalue weighted by Crippen LogP contribution is 2.40. The van der Waals surface area contributed by atoms with E-state index in [1.54, 1.807) is 0 Å². The standard InChI is InChI=1S/C21H30O2/c1-2-15-19-18-20(19)16-13-11-9-7-5-3-4-6-8-10-12-14-17-21(22)23/h2-4,7-10,13,15-16,19-20H,5-6,11-12,14,17-18H2,1H3,(H,22,23). The van der Waals surface area contributed by atoms with Gasteiger partial charge in [-0.15, -0.1) is 0 Å². The quantitative estimate of drug-likeness (QED) is 0.362. The Morgan fingerprint density at radius 2 is 1.48 bits per heavy atom. The number of aliphatic carboxylic acids is 1. The molecule has 0 radical (unpaired) electrons. The van der Waals surface area contributed by atoms with Gasteiger partial charge in [0.05, 0.1) is 0 Å². The Kier molecular flexibility index (Phi) is 10.6. The highest BCUT2D eigenvalue weighted by Gasteiger charge is 2.31. The highest BCUT2D eigenvalue weighted by atomic mass is 16.4. The molecule has 0 spiro atoms. The maximum atomic E-state index is 10.3. The molecule has 0 bridgehead atoms. The minimum absolute atomic E-state index is 0.260. The van der Waals surface area contributed by atoms with Crippen LogP contribution in [0.5, 0.6) is 0 Å². The first kappa shape index (κ1) is 19.2. The monoisotopic (exact) mass is 314 g/mol. The lowest BCUT2D eigenvalue weighted by atomic mass is 10.2. The van der Waals surface area contributed by atoms with E-state index in [1.807, 2.05) is 0 Å². The Balaban J connectivity index is 1.94. The van der Waals surface area contributed by atoms with Crippen LogP contribution in [-0.4, -0.2) is 11.1 Å². The molecular formula is C21H30O2. The number of carboxylic acids is 1. The molecule has 0 aromatic rings. The molecule has 2 nitrogen and oxygen atoms in total. The fourth-order valence-corrected chi connectivity index (χ4v) is 2.38. The molecule has 2 unspecified atom stereocenters. The number of carboxylic acid groups (broad SMARTS) is 1. The summed E-state index contributed by atoms with van der Waals surface area (Å²) in [5, 5.41) is 8.51. The molecule has 0 aliphatic heterocycles. The van der Waals surface area contributed by atoms with E-state index in [0.29, 0.717) is 0 Å². The van der Waals surface area contributed by atoms with Gasteiger partial charge in [0.1, 0.15) is 0 Å². The third-order valence-corrected chi connectivity index (χ3v) is 3.79. The molecule has 0 amide bonds. The lowest BCUT2D eigenvalue weighted by molar-refractivity contribution is -0.137. The van der Waals surface area contributed by atoms with Gasteiger partial charge >= 0.3 is 5.97 Å². The van der Waals surface area contributed by atoms with Crippen molar-refractivity contribution in [2.45, 2.75) is 51.9 Å². The van der Waals surface area contributed by atoms with Crippen molar-refractivity contribution in [3.05, 3.63) is 60.8 Å². The van der Waals surface area contributed by atoms with Crippen molar-refractivity contribution in [2.24, 2.45) is 11.8 Å². The number of rotatable bonds is 12. The van der Waals surface area contributed by atoms with Crippen LogP contribution in [0.4, 0.5) is 0 Å². The number of allylic oxidation sites excluding steroid dienone is 10. The van der Waals surface area contributed by atoms with E-state index in [2.05, 4.69) is 67.7 Å². The zero-order valence-electron chi connectivity index (χ0n) is 14.2. The van der Waals surface area contributed by atoms with Crippen molar-refractivity contribution < 1.29 is 9.90 Å². The molecule has 1 saturated carbocycles. The van der Waals surface area contributed by atoms with Gasteiger partial charge < -0.3 is 5.11 Å². The lowest BCUT2D eigenvalue weighted by Crippen LogP contribution is -1.92. The zero-order chi connectivity index (χ0) is 16.8. The largest absolute Gasteiger partial charge is 0.481 e. The normalized spacial score (nSPS) is 21.6. The smallest absolute Gasteiger partial charge is 0.303 e. The zero-order valence-corrected chi connectivity index (χ0v) is 14.2. The van der Waals surface area contributed by atoms with Crippen LogP contribution in [0.2, 0.25) is 0 Å². The average Bonchev–Trinajstić information content (AvgIpc) is 3.26. The molecule has 0 aromatic carbocycles. The number of hydrogen-bond donors (Lipinski definition) is 1. The van der Waals surface area contributed by atoms with Crippen molar-refractivity contribution in [3.63, 3.8) is 0 Å². The van der Waals surface area contributed by atoms with Gasteiger partial charge in [0.15, 0.2) is 0 Å². The van der Waals surface area contributed by atoms with E-state index >= 15 is 0 Å². The second-order valence-corrected chi connectivity index (χ2v) is 5.92. The molecule has 23 heavy (non-hydrogen) atoms. The minimum Gasteiger partial charge on any atom is -0.481 e. The summed E-state index contributed by atoms with van der Waals surface area (Å²) in [6.07, 6.45) is 28.1. The van der Waals surface area contributed by atoms with Crippen molar-refractivity contribution in [1.29, 1.82) is 0 Å². The van der Waals surface area contributed by atoms with Crippen molar-refractivity contribution in [1.82, 2.24) is 0 Å². The fourth-order valence-electron chi connectivity index (χ4n) is 2.38. The Morgan fingerprint density at radius 1 is 0.913 bits per heavy atom. The van der Waals surface area contributed by atoms with Crippen molar-refractivity contribution in [2.75, 3.05) is 0 Å². The molecule has 2 heteroatoms. The van der Waals surface area contributed by atoms with E-state index in [0.717, 1.165) is 43.9 Å². The van der Waals surface area contributed by atoms with Gasteiger partial charge in [0, 0.05) is 6.42 Å². The van der Waals surface area contributed by atoms with Gasteiger partial charge in [0.2, 0.25) is 0 Å². The minimum atomic E-state index is -0.713. The summed E-state index contributed by atoms with van der Waals surface area (Å²) in [5.74, 6) is 0.858. The van der Waals surface area contributed by atoms with Gasteiger partial charge in [-0.2, -0.15) is 0 Å². The van der Waals surface area contributed by atoms with Crippen LogP contribution in [0, 0.1) is 11.8 Å². The lowest BCUT2D eigenvalue weighted by Gasteiger charge is -1.90. The summed E-state index contributed by atoms with van der Waals surface area (Å²) in [5.41, 5.74) is 0. The molecule has 0 saturated heterocycles. The summed E-state index contributed by atoms with van der Waals surface area (Å²) >= 11 is 0. The predicted molar refractivity (Wildman–Crippen MR) is 98.3 cm³/mol. The Morgan fingerprint density at radius 3 is 2.09 bits per heavy atom. The molecule has 126 valence electrons. The maximum Gasteiger partial charge on any atom is 0.303 e. The topological polar surface area (TPSA) is 37.3 Å². The van der Waals surface area contributed by atoms with E-state index in [1.165, 1.54) is 6.42 Å². The third-order valence-electron chi connectivity index (χ3n) is 3.79. The van der Waals surface area contributed by atoms with Gasteiger partial charge in [-0.1, -0.05) is 60.8 Å². The van der Waals surface area contributed by atoms with Gasteiger partial charge in [0.25, 0.3) is 0 Å². The summed E-state index contributed by atoms with van der Waals surface area (Å²) < 4.78 is 0. The summed E-state index contributed by atoms with van der Waals surface area (Å²) in [7, 11) is 0. The number of unbranched alkanes of at least 4 members (excludes halogenated alkanes) is 1. The van der Waals surface area contributed by atoms with Gasteiger partial charge in [-0.3, -0.25) is 4.79 Å². The molecule has 1 fully saturated rings. The highest BCUT2D eigenvalue weighted by molar-refractivity contribution is 5.66. The number of carbonyl (C=O) groups is 1. The first-order valence-electron chi connectivity index (χ1n) is 8.70. The Hall–Kier alpha value is -1.83. The van der Waals surface area contributed by atoms with Crippen LogP contribution in [0.1, 0.15) is 51.9 Å². The fraction of sp³-hybridized carbons (Fsp3) is 0.476. The molecule has 0 aromatic heterocycles. The van der Waals surface area contributed by atoms with Crippen LogP contribution in [0.25, 0.3) is 0 Å². The third kappa shape index (κ3) is 11.4. The van der Waals surface area contributed by atoms with E-state index < -0.39 is 5.97 Å². The second-order valence-electron chi connectivity index (χ2n) is 5.92. The van der Waals surface area contributed by atoms with Crippen LogP contribution in [-0.2, 0) is 4.79 Å². The maximum absolute atomic E-state index is 10.3. The van der Waals surface area contributed by atoms with Crippen LogP contribution in [0.3, 0.4) is 0 Å². The average molecular weight is 314 g/mol. The molecule has 1 rings (SSSR count). The van der Waals surface area contributed by atoms with Crippen LogP contribution in [0.15, 0.2) is 60.8 Å². The van der Waals surface area contributed by atoms with Crippen molar-refractivity contribution in [3.8, 4) is 0 Å². The Labute approximate surface area is 141 Å². The summed E-state index contributed by atoms with van der Waals surface area (Å²) in [6, 6.07) is 0. The molecule has 2 atom stereocenters.